The van der Waals surface area contributed by atoms with Gasteiger partial charge in [0.2, 0.25) is 5.91 Å². The van der Waals surface area contributed by atoms with Crippen LogP contribution in [0.1, 0.15) is 32.1 Å². The third-order valence-corrected chi connectivity index (χ3v) is 4.26. The van der Waals surface area contributed by atoms with Gasteiger partial charge in [0, 0.05) is 46.2 Å². The number of hydrogen-bond acceptors (Lipinski definition) is 5. The second kappa shape index (κ2) is 7.69. The summed E-state index contributed by atoms with van der Waals surface area (Å²) < 4.78 is 1.73. The van der Waals surface area contributed by atoms with E-state index in [1.807, 2.05) is 7.05 Å². The number of hydrogen-bond donors (Lipinski definition) is 1. The Morgan fingerprint density at radius 1 is 1.27 bits per heavy atom. The highest BCUT2D eigenvalue weighted by Crippen LogP contribution is 2.18. The predicted octanol–water partition coefficient (Wildman–Crippen LogP) is 0.266. The molecule has 7 nitrogen and oxygen atoms in total. The number of aryl methyl sites for hydroxylation is 1. The molecule has 22 heavy (non-hydrogen) atoms. The van der Waals surface area contributed by atoms with Gasteiger partial charge >= 0.3 is 0 Å². The van der Waals surface area contributed by atoms with Gasteiger partial charge in [-0.25, -0.2) is 4.98 Å². The molecule has 1 fully saturated rings. The van der Waals surface area contributed by atoms with E-state index in [0.717, 1.165) is 38.5 Å². The Labute approximate surface area is 132 Å². The largest absolute Gasteiger partial charge is 0.346 e. The molecule has 1 atom stereocenters. The van der Waals surface area contributed by atoms with Crippen LogP contribution >= 0.6 is 0 Å². The highest BCUT2D eigenvalue weighted by molar-refractivity contribution is 5.76. The van der Waals surface area contributed by atoms with E-state index in [1.165, 1.54) is 6.33 Å². The summed E-state index contributed by atoms with van der Waals surface area (Å²) in [7, 11) is 3.99. The van der Waals surface area contributed by atoms with E-state index in [0.29, 0.717) is 6.42 Å². The van der Waals surface area contributed by atoms with E-state index in [1.54, 1.807) is 4.68 Å². The molecular weight excluding hydrogens is 280 g/mol. The Morgan fingerprint density at radius 2 is 1.95 bits per heavy atom. The van der Waals surface area contributed by atoms with Crippen molar-refractivity contribution in [1.82, 2.24) is 29.9 Å². The molecule has 1 aromatic rings. The van der Waals surface area contributed by atoms with E-state index < -0.39 is 0 Å². The van der Waals surface area contributed by atoms with Crippen LogP contribution in [0.25, 0.3) is 0 Å². The average Bonchev–Trinajstić information content (AvgIpc) is 2.90. The number of rotatable bonds is 6. The molecule has 1 saturated heterocycles. The average molecular weight is 308 g/mol. The molecule has 1 aliphatic heterocycles. The second-order valence-electron chi connectivity index (χ2n) is 6.43. The first-order valence-electron chi connectivity index (χ1n) is 8.01. The maximum absolute atomic E-state index is 12.3. The summed E-state index contributed by atoms with van der Waals surface area (Å²) >= 11 is 0. The van der Waals surface area contributed by atoms with Crippen molar-refractivity contribution in [2.45, 2.75) is 26.3 Å². The smallest absolute Gasteiger partial charge is 0.221 e. The van der Waals surface area contributed by atoms with Gasteiger partial charge in [-0.3, -0.25) is 9.48 Å². The predicted molar refractivity (Wildman–Crippen MR) is 85.3 cm³/mol. The zero-order chi connectivity index (χ0) is 16.1. The monoisotopic (exact) mass is 308 g/mol. The molecule has 1 unspecified atom stereocenters. The number of nitrogens with zero attached hydrogens (tertiary/aromatic N) is 5. The lowest BCUT2D eigenvalue weighted by Crippen LogP contribution is -2.45. The Kier molecular flexibility index (Phi) is 5.90. The van der Waals surface area contributed by atoms with Crippen LogP contribution in [0.2, 0.25) is 0 Å². The first-order valence-corrected chi connectivity index (χ1v) is 8.01. The van der Waals surface area contributed by atoms with Crippen LogP contribution in [0.3, 0.4) is 0 Å². The molecule has 2 heterocycles. The Bertz CT molecular complexity index is 478. The molecule has 124 valence electrons. The number of piperazine rings is 1. The van der Waals surface area contributed by atoms with Crippen LogP contribution in [0.4, 0.5) is 0 Å². The second-order valence-corrected chi connectivity index (χ2v) is 6.43. The third kappa shape index (κ3) is 4.51. The van der Waals surface area contributed by atoms with Crippen molar-refractivity contribution < 1.29 is 4.79 Å². The Morgan fingerprint density at radius 3 is 2.50 bits per heavy atom. The molecule has 1 N–H and O–H groups in total. The molecular formula is C15H28N6O. The summed E-state index contributed by atoms with van der Waals surface area (Å²) in [6, 6.07) is -0.0903. The highest BCUT2D eigenvalue weighted by atomic mass is 16.1. The molecule has 0 aliphatic carbocycles. The van der Waals surface area contributed by atoms with Gasteiger partial charge in [-0.1, -0.05) is 13.8 Å². The van der Waals surface area contributed by atoms with Gasteiger partial charge in [0.1, 0.15) is 12.2 Å². The van der Waals surface area contributed by atoms with Crippen molar-refractivity contribution in [3.63, 3.8) is 0 Å². The molecule has 0 spiro atoms. The third-order valence-electron chi connectivity index (χ3n) is 4.26. The van der Waals surface area contributed by atoms with Crippen LogP contribution in [-0.2, 0) is 11.8 Å². The maximum atomic E-state index is 12.3. The first-order chi connectivity index (χ1) is 10.5. The van der Waals surface area contributed by atoms with Crippen molar-refractivity contribution in [3.8, 4) is 0 Å². The summed E-state index contributed by atoms with van der Waals surface area (Å²) in [6.07, 6.45) is 2.06. The number of nitrogens with one attached hydrogen (secondary N) is 1. The van der Waals surface area contributed by atoms with Crippen molar-refractivity contribution in [1.29, 1.82) is 0 Å². The van der Waals surface area contributed by atoms with Crippen molar-refractivity contribution in [3.05, 3.63) is 12.2 Å². The Balaban J connectivity index is 1.83. The van der Waals surface area contributed by atoms with E-state index in [4.69, 9.17) is 0 Å². The fourth-order valence-corrected chi connectivity index (χ4v) is 2.69. The topological polar surface area (TPSA) is 66.3 Å². The molecule has 1 amide bonds. The van der Waals surface area contributed by atoms with Crippen LogP contribution in [-0.4, -0.2) is 70.2 Å². The molecule has 1 aliphatic rings. The maximum Gasteiger partial charge on any atom is 0.221 e. The van der Waals surface area contributed by atoms with Crippen LogP contribution in [0, 0.1) is 5.92 Å². The molecule has 0 radical (unpaired) electrons. The van der Waals surface area contributed by atoms with Crippen LogP contribution in [0.5, 0.6) is 0 Å². The number of carbonyl (C=O) groups excluding carboxylic acids is 1. The fraction of sp³-hybridized carbons (Fsp3) is 0.800. The molecule has 0 saturated carbocycles. The molecule has 1 aromatic heterocycles. The van der Waals surface area contributed by atoms with E-state index in [2.05, 4.69) is 46.1 Å². The minimum atomic E-state index is -0.0903. The summed E-state index contributed by atoms with van der Waals surface area (Å²) in [5, 5.41) is 7.20. The van der Waals surface area contributed by atoms with Gasteiger partial charge in [0.05, 0.1) is 6.04 Å². The van der Waals surface area contributed by atoms with Gasteiger partial charge in [-0.2, -0.15) is 5.10 Å². The summed E-state index contributed by atoms with van der Waals surface area (Å²) in [5.74, 6) is 1.17. The zero-order valence-electron chi connectivity index (χ0n) is 14.1. The lowest BCUT2D eigenvalue weighted by Gasteiger charge is -2.32. The van der Waals surface area contributed by atoms with Gasteiger partial charge in [-0.15, -0.1) is 0 Å². The van der Waals surface area contributed by atoms with Crippen LogP contribution in [0.15, 0.2) is 6.33 Å². The van der Waals surface area contributed by atoms with Crippen molar-refractivity contribution in [2.75, 3.05) is 39.8 Å². The number of likely N-dealkylation sites (N-methyl/N-ethyl adjacent to an activating group) is 1. The van der Waals surface area contributed by atoms with Gasteiger partial charge in [-0.05, 0) is 13.0 Å². The van der Waals surface area contributed by atoms with E-state index >= 15 is 0 Å². The van der Waals surface area contributed by atoms with E-state index in [-0.39, 0.29) is 17.9 Å². The number of carbonyl (C=O) groups is 1. The van der Waals surface area contributed by atoms with Gasteiger partial charge in [0.15, 0.2) is 0 Å². The Hall–Kier alpha value is -1.47. The highest BCUT2D eigenvalue weighted by Gasteiger charge is 2.23. The summed E-state index contributed by atoms with van der Waals surface area (Å²) in [5.41, 5.74) is 0. The van der Waals surface area contributed by atoms with Crippen molar-refractivity contribution in [2.24, 2.45) is 13.0 Å². The minimum absolute atomic E-state index is 0.0839. The molecule has 0 bridgehead atoms. The lowest BCUT2D eigenvalue weighted by atomic mass is 10.0. The minimum Gasteiger partial charge on any atom is -0.346 e. The fourth-order valence-electron chi connectivity index (χ4n) is 2.69. The normalized spacial score (nSPS) is 18.6. The van der Waals surface area contributed by atoms with Crippen molar-refractivity contribution >= 4 is 5.91 Å². The first kappa shape index (κ1) is 16.9. The van der Waals surface area contributed by atoms with Gasteiger partial charge in [0.25, 0.3) is 0 Å². The van der Waals surface area contributed by atoms with E-state index in [9.17, 15) is 4.79 Å². The lowest BCUT2D eigenvalue weighted by molar-refractivity contribution is -0.122. The number of aromatic nitrogens is 3. The standard InChI is InChI=1S/C15H28N6O/c1-12(2)14(15-16-11-17-20(15)4)18-13(22)5-6-21-9-7-19(3)8-10-21/h11-12,14H,5-10H2,1-4H3,(H,18,22). The quantitative estimate of drug-likeness (QED) is 0.817. The molecule has 0 aromatic carbocycles. The molecule has 7 heteroatoms. The SMILES string of the molecule is CC(C)C(NC(=O)CCN1CCN(C)CC1)c1ncnn1C. The summed E-state index contributed by atoms with van der Waals surface area (Å²) in [4.78, 5) is 21.2. The van der Waals surface area contributed by atoms with Gasteiger partial charge < -0.3 is 15.1 Å². The molecule has 2 rings (SSSR count). The zero-order valence-corrected chi connectivity index (χ0v) is 14.1. The van der Waals surface area contributed by atoms with Crippen LogP contribution < -0.4 is 5.32 Å². The number of amides is 1. The summed E-state index contributed by atoms with van der Waals surface area (Å²) in [6.45, 7) is 9.23.